The van der Waals surface area contributed by atoms with Gasteiger partial charge in [-0.15, -0.1) is 0 Å². The lowest BCUT2D eigenvalue weighted by atomic mass is 9.75. The van der Waals surface area contributed by atoms with Gasteiger partial charge in [0.1, 0.15) is 0 Å². The zero-order valence-electron chi connectivity index (χ0n) is 11.6. The Hall–Kier alpha value is -0.570. The highest BCUT2D eigenvalue weighted by molar-refractivity contribution is 5.79. The fourth-order valence-corrected chi connectivity index (χ4v) is 2.84. The summed E-state index contributed by atoms with van der Waals surface area (Å²) in [6.07, 6.45) is 6.64. The summed E-state index contributed by atoms with van der Waals surface area (Å²) in [5, 5.41) is 3.19. The summed E-state index contributed by atoms with van der Waals surface area (Å²) < 4.78 is 0. The van der Waals surface area contributed by atoms with Crippen molar-refractivity contribution < 1.29 is 4.79 Å². The molecule has 3 nitrogen and oxygen atoms in total. The van der Waals surface area contributed by atoms with Crippen LogP contribution < -0.4 is 11.1 Å². The van der Waals surface area contributed by atoms with Crippen LogP contribution in [0.15, 0.2) is 0 Å². The van der Waals surface area contributed by atoms with Crippen LogP contribution in [0.5, 0.6) is 0 Å². The zero-order valence-corrected chi connectivity index (χ0v) is 11.6. The van der Waals surface area contributed by atoms with Crippen molar-refractivity contribution in [3.05, 3.63) is 0 Å². The van der Waals surface area contributed by atoms with Gasteiger partial charge >= 0.3 is 0 Å². The molecule has 0 aromatic rings. The number of rotatable bonds is 5. The molecule has 0 heterocycles. The largest absolute Gasteiger partial charge is 0.353 e. The van der Waals surface area contributed by atoms with Crippen molar-refractivity contribution in [2.45, 2.75) is 65.3 Å². The molecule has 0 aliphatic heterocycles. The first-order valence-electron chi connectivity index (χ1n) is 6.99. The average Bonchev–Trinajstić information content (AvgIpc) is 2.24. The second-order valence-electron chi connectivity index (χ2n) is 6.19. The molecule has 100 valence electrons. The molecule has 1 aliphatic carbocycles. The Labute approximate surface area is 106 Å². The minimum Gasteiger partial charge on any atom is -0.353 e. The number of nitrogens with two attached hydrogens (primary N) is 1. The van der Waals surface area contributed by atoms with Crippen LogP contribution in [0.3, 0.4) is 0 Å². The molecule has 0 saturated heterocycles. The first-order valence-corrected chi connectivity index (χ1v) is 6.99. The maximum Gasteiger partial charge on any atom is 0.224 e. The summed E-state index contributed by atoms with van der Waals surface area (Å²) in [5.41, 5.74) is 6.03. The second-order valence-corrected chi connectivity index (χ2v) is 6.19. The highest BCUT2D eigenvalue weighted by atomic mass is 16.1. The first kappa shape index (κ1) is 14.5. The van der Waals surface area contributed by atoms with E-state index >= 15 is 0 Å². The van der Waals surface area contributed by atoms with Crippen LogP contribution in [-0.2, 0) is 4.79 Å². The summed E-state index contributed by atoms with van der Waals surface area (Å²) in [4.78, 5) is 12.1. The van der Waals surface area contributed by atoms with Crippen molar-refractivity contribution in [1.29, 1.82) is 0 Å². The van der Waals surface area contributed by atoms with Crippen molar-refractivity contribution in [2.75, 3.05) is 6.54 Å². The van der Waals surface area contributed by atoms with E-state index < -0.39 is 0 Å². The number of carbonyl (C=O) groups excluding carboxylic acids is 1. The van der Waals surface area contributed by atoms with E-state index in [1.54, 1.807) is 0 Å². The zero-order chi connectivity index (χ0) is 12.9. The quantitative estimate of drug-likeness (QED) is 0.775. The Balaban J connectivity index is 2.44. The summed E-state index contributed by atoms with van der Waals surface area (Å²) in [6, 6.07) is 0.358. The Bertz CT molecular complexity index is 251. The van der Waals surface area contributed by atoms with Gasteiger partial charge in [-0.05, 0) is 31.1 Å². The van der Waals surface area contributed by atoms with Crippen molar-refractivity contribution in [2.24, 2.45) is 17.1 Å². The van der Waals surface area contributed by atoms with Crippen molar-refractivity contribution in [3.63, 3.8) is 0 Å². The van der Waals surface area contributed by atoms with Gasteiger partial charge in [-0.1, -0.05) is 33.6 Å². The van der Waals surface area contributed by atoms with Crippen LogP contribution >= 0.6 is 0 Å². The van der Waals surface area contributed by atoms with Crippen molar-refractivity contribution >= 4 is 5.91 Å². The molecule has 0 radical (unpaired) electrons. The van der Waals surface area contributed by atoms with Gasteiger partial charge in [-0.3, -0.25) is 4.79 Å². The van der Waals surface area contributed by atoms with E-state index in [0.717, 1.165) is 25.7 Å². The number of carbonyl (C=O) groups is 1. The molecule has 0 aromatic carbocycles. The molecule has 2 atom stereocenters. The predicted octanol–water partition coefficient (Wildman–Crippen LogP) is 2.45. The summed E-state index contributed by atoms with van der Waals surface area (Å²) in [7, 11) is 0. The Morgan fingerprint density at radius 2 is 2.24 bits per heavy atom. The van der Waals surface area contributed by atoms with E-state index in [1.165, 1.54) is 12.8 Å². The minimum absolute atomic E-state index is 0.00467. The predicted molar refractivity (Wildman–Crippen MR) is 71.6 cm³/mol. The molecule has 3 N–H and O–H groups in total. The maximum atomic E-state index is 12.1. The summed E-state index contributed by atoms with van der Waals surface area (Å²) in [6.45, 7) is 7.14. The van der Waals surface area contributed by atoms with Gasteiger partial charge in [0.15, 0.2) is 0 Å². The molecule has 1 rings (SSSR count). The van der Waals surface area contributed by atoms with E-state index in [4.69, 9.17) is 5.73 Å². The second kappa shape index (κ2) is 6.39. The van der Waals surface area contributed by atoms with Crippen LogP contribution in [0.1, 0.15) is 59.3 Å². The fourth-order valence-electron chi connectivity index (χ4n) is 2.84. The van der Waals surface area contributed by atoms with Crippen molar-refractivity contribution in [1.82, 2.24) is 5.32 Å². The SMILES string of the molecule is CCCC(CN)C(=O)NC1CCCC(C)(C)C1. The van der Waals surface area contributed by atoms with E-state index in [9.17, 15) is 4.79 Å². The van der Waals surface area contributed by atoms with Crippen LogP contribution in [0, 0.1) is 11.3 Å². The minimum atomic E-state index is 0.00467. The van der Waals surface area contributed by atoms with E-state index in [0.29, 0.717) is 18.0 Å². The standard InChI is InChI=1S/C14H28N2O/c1-4-6-11(10-15)13(17)16-12-7-5-8-14(2,3)9-12/h11-12H,4-10,15H2,1-3H3,(H,16,17). The monoisotopic (exact) mass is 240 g/mol. The molecule has 2 unspecified atom stereocenters. The van der Waals surface area contributed by atoms with Crippen LogP contribution in [-0.4, -0.2) is 18.5 Å². The molecule has 17 heavy (non-hydrogen) atoms. The number of hydrogen-bond donors (Lipinski definition) is 2. The molecule has 1 saturated carbocycles. The highest BCUT2D eigenvalue weighted by Gasteiger charge is 2.29. The lowest BCUT2D eigenvalue weighted by Crippen LogP contribution is -2.44. The molecule has 1 amide bonds. The number of hydrogen-bond acceptors (Lipinski definition) is 2. The van der Waals surface area contributed by atoms with Crippen LogP contribution in [0.2, 0.25) is 0 Å². The Morgan fingerprint density at radius 1 is 1.53 bits per heavy atom. The van der Waals surface area contributed by atoms with Crippen LogP contribution in [0.25, 0.3) is 0 Å². The number of amides is 1. The number of nitrogens with one attached hydrogen (secondary N) is 1. The van der Waals surface area contributed by atoms with Gasteiger partial charge in [0.2, 0.25) is 5.91 Å². The van der Waals surface area contributed by atoms with E-state index in [2.05, 4.69) is 26.1 Å². The van der Waals surface area contributed by atoms with Gasteiger partial charge in [0, 0.05) is 12.6 Å². The smallest absolute Gasteiger partial charge is 0.224 e. The molecule has 3 heteroatoms. The lowest BCUT2D eigenvalue weighted by Gasteiger charge is -2.36. The summed E-state index contributed by atoms with van der Waals surface area (Å²) >= 11 is 0. The first-order chi connectivity index (χ1) is 7.98. The lowest BCUT2D eigenvalue weighted by molar-refractivity contribution is -0.126. The van der Waals surface area contributed by atoms with Crippen molar-refractivity contribution in [3.8, 4) is 0 Å². The van der Waals surface area contributed by atoms with Gasteiger partial charge < -0.3 is 11.1 Å². The molecular formula is C14H28N2O. The topological polar surface area (TPSA) is 55.1 Å². The van der Waals surface area contributed by atoms with E-state index in [-0.39, 0.29) is 11.8 Å². The Kier molecular flexibility index (Phi) is 5.44. The third-order valence-electron chi connectivity index (χ3n) is 3.84. The third kappa shape index (κ3) is 4.66. The fraction of sp³-hybridized carbons (Fsp3) is 0.929. The molecule has 1 aliphatic rings. The van der Waals surface area contributed by atoms with Gasteiger partial charge in [-0.2, -0.15) is 0 Å². The van der Waals surface area contributed by atoms with Gasteiger partial charge in [0.25, 0.3) is 0 Å². The molecule has 0 spiro atoms. The molecule has 1 fully saturated rings. The van der Waals surface area contributed by atoms with Crippen LogP contribution in [0.4, 0.5) is 0 Å². The average molecular weight is 240 g/mol. The molecule has 0 bridgehead atoms. The Morgan fingerprint density at radius 3 is 2.76 bits per heavy atom. The highest BCUT2D eigenvalue weighted by Crippen LogP contribution is 2.35. The molecular weight excluding hydrogens is 212 g/mol. The normalized spacial score (nSPS) is 25.3. The van der Waals surface area contributed by atoms with Gasteiger partial charge in [0.05, 0.1) is 5.92 Å². The third-order valence-corrected chi connectivity index (χ3v) is 3.84. The van der Waals surface area contributed by atoms with Gasteiger partial charge in [-0.25, -0.2) is 0 Å². The van der Waals surface area contributed by atoms with E-state index in [1.807, 2.05) is 0 Å². The maximum absolute atomic E-state index is 12.1. The summed E-state index contributed by atoms with van der Waals surface area (Å²) in [5.74, 6) is 0.169. The molecule has 0 aromatic heterocycles.